The van der Waals surface area contributed by atoms with Crippen LogP contribution in [0.25, 0.3) is 10.9 Å². The van der Waals surface area contributed by atoms with Crippen molar-refractivity contribution in [1.82, 2.24) is 30.1 Å². The van der Waals surface area contributed by atoms with Gasteiger partial charge in [-0.15, -0.1) is 16.4 Å². The Kier molecular flexibility index (Phi) is 7.21. The Morgan fingerprint density at radius 3 is 2.97 bits per heavy atom. The van der Waals surface area contributed by atoms with Gasteiger partial charge in [0.1, 0.15) is 5.75 Å². The van der Waals surface area contributed by atoms with E-state index in [4.69, 9.17) is 9.47 Å². The molecular weight excluding hydrogens is 464 g/mol. The third-order valence-corrected chi connectivity index (χ3v) is 7.39. The lowest BCUT2D eigenvalue weighted by molar-refractivity contribution is 0.0889. The Bertz CT molecular complexity index is 1310. The Morgan fingerprint density at radius 1 is 1.31 bits per heavy atom. The van der Waals surface area contributed by atoms with Crippen LogP contribution in [0.2, 0.25) is 0 Å². The van der Waals surface area contributed by atoms with Crippen molar-refractivity contribution in [2.45, 2.75) is 58.0 Å². The summed E-state index contributed by atoms with van der Waals surface area (Å²) in [6.07, 6.45) is 3.04. The molecule has 10 heteroatoms. The molecule has 0 amide bonds. The SMILES string of the molecule is CCC(c1nnnn1CC1CCCO1)N(Cc1cccs1)Cc1cc2ccc(OC)cc2[nH]c1=O. The highest BCUT2D eigenvalue weighted by Gasteiger charge is 2.28. The van der Waals surface area contributed by atoms with E-state index in [0.717, 1.165) is 42.6 Å². The van der Waals surface area contributed by atoms with Gasteiger partial charge in [-0.1, -0.05) is 13.0 Å². The molecule has 2 unspecified atom stereocenters. The monoisotopic (exact) mass is 494 g/mol. The van der Waals surface area contributed by atoms with Crippen molar-refractivity contribution in [3.8, 4) is 5.75 Å². The minimum atomic E-state index is -0.101. The van der Waals surface area contributed by atoms with Gasteiger partial charge >= 0.3 is 0 Å². The van der Waals surface area contributed by atoms with Crippen LogP contribution in [0.5, 0.6) is 5.75 Å². The molecular formula is C25H30N6O3S. The quantitative estimate of drug-likeness (QED) is 0.357. The third-order valence-electron chi connectivity index (χ3n) is 6.53. The highest BCUT2D eigenvalue weighted by atomic mass is 32.1. The number of nitrogens with zero attached hydrogens (tertiary/aromatic N) is 5. The van der Waals surface area contributed by atoms with Crippen molar-refractivity contribution in [2.24, 2.45) is 0 Å². The number of rotatable bonds is 10. The lowest BCUT2D eigenvalue weighted by Gasteiger charge is -2.30. The number of pyridine rings is 1. The van der Waals surface area contributed by atoms with Crippen LogP contribution < -0.4 is 10.3 Å². The standard InChI is InChI=1S/C25H30N6O3S/c1-3-23(24-27-28-29-31(24)15-20-6-4-10-34-20)30(16-21-7-5-11-35-21)14-18-12-17-8-9-19(33-2)13-22(17)26-25(18)32/h5,7-9,11-13,20,23H,3-4,6,10,14-16H2,1-2H3,(H,26,32). The topological polar surface area (TPSA) is 98.2 Å². The van der Waals surface area contributed by atoms with Crippen LogP contribution in [-0.4, -0.2) is 49.9 Å². The second-order valence-electron chi connectivity index (χ2n) is 8.84. The molecule has 0 saturated carbocycles. The molecule has 5 rings (SSSR count). The molecule has 3 aromatic heterocycles. The minimum absolute atomic E-state index is 0.0560. The number of aromatic amines is 1. The predicted octanol–water partition coefficient (Wildman–Crippen LogP) is 3.92. The summed E-state index contributed by atoms with van der Waals surface area (Å²) in [7, 11) is 1.62. The van der Waals surface area contributed by atoms with E-state index < -0.39 is 0 Å². The molecule has 2 atom stereocenters. The van der Waals surface area contributed by atoms with Gasteiger partial charge in [0, 0.05) is 36.2 Å². The molecule has 1 N–H and O–H groups in total. The van der Waals surface area contributed by atoms with Crippen molar-refractivity contribution in [2.75, 3.05) is 13.7 Å². The maximum absolute atomic E-state index is 13.1. The number of ether oxygens (including phenoxy) is 2. The van der Waals surface area contributed by atoms with E-state index in [0.29, 0.717) is 30.9 Å². The molecule has 0 radical (unpaired) electrons. The number of aromatic nitrogens is 5. The summed E-state index contributed by atoms with van der Waals surface area (Å²) in [6, 6.07) is 11.8. The van der Waals surface area contributed by atoms with Gasteiger partial charge in [0.05, 0.1) is 31.3 Å². The fraction of sp³-hybridized carbons (Fsp3) is 0.440. The van der Waals surface area contributed by atoms with Gasteiger partial charge < -0.3 is 14.5 Å². The van der Waals surface area contributed by atoms with Crippen LogP contribution in [0.15, 0.2) is 46.6 Å². The largest absolute Gasteiger partial charge is 0.497 e. The lowest BCUT2D eigenvalue weighted by atomic mass is 10.1. The van der Waals surface area contributed by atoms with Gasteiger partial charge in [0.25, 0.3) is 5.56 Å². The van der Waals surface area contributed by atoms with Crippen molar-refractivity contribution >= 4 is 22.2 Å². The minimum Gasteiger partial charge on any atom is -0.497 e. The van der Waals surface area contributed by atoms with E-state index in [1.54, 1.807) is 18.4 Å². The number of hydrogen-bond acceptors (Lipinski definition) is 8. The molecule has 9 nitrogen and oxygen atoms in total. The molecule has 0 bridgehead atoms. The summed E-state index contributed by atoms with van der Waals surface area (Å²) in [6.45, 7) is 4.74. The van der Waals surface area contributed by atoms with Crippen LogP contribution >= 0.6 is 11.3 Å². The molecule has 1 saturated heterocycles. The summed E-state index contributed by atoms with van der Waals surface area (Å²) < 4.78 is 13.0. The van der Waals surface area contributed by atoms with Crippen LogP contribution in [-0.2, 0) is 24.4 Å². The number of H-pyrrole nitrogens is 1. The van der Waals surface area contributed by atoms with Crippen molar-refractivity contribution in [1.29, 1.82) is 0 Å². The van der Waals surface area contributed by atoms with E-state index >= 15 is 0 Å². The molecule has 1 aromatic carbocycles. The van der Waals surface area contributed by atoms with Gasteiger partial charge in [0.15, 0.2) is 5.82 Å². The number of nitrogens with one attached hydrogen (secondary N) is 1. The van der Waals surface area contributed by atoms with Crippen LogP contribution in [0.1, 0.15) is 48.5 Å². The maximum atomic E-state index is 13.1. The molecule has 184 valence electrons. The summed E-state index contributed by atoms with van der Waals surface area (Å²) >= 11 is 1.71. The van der Waals surface area contributed by atoms with Gasteiger partial charge in [-0.05, 0) is 64.7 Å². The summed E-state index contributed by atoms with van der Waals surface area (Å²) in [5.74, 6) is 1.52. The average molecular weight is 495 g/mol. The molecule has 0 spiro atoms. The van der Waals surface area contributed by atoms with Crippen molar-refractivity contribution in [3.63, 3.8) is 0 Å². The zero-order valence-corrected chi connectivity index (χ0v) is 20.8. The van der Waals surface area contributed by atoms with E-state index in [1.165, 1.54) is 4.88 Å². The lowest BCUT2D eigenvalue weighted by Crippen LogP contribution is -2.33. The smallest absolute Gasteiger partial charge is 0.252 e. The average Bonchev–Trinajstić information content (AvgIpc) is 3.64. The van der Waals surface area contributed by atoms with Crippen LogP contribution in [0.4, 0.5) is 0 Å². The number of hydrogen-bond donors (Lipinski definition) is 1. The first kappa shape index (κ1) is 23.7. The second-order valence-corrected chi connectivity index (χ2v) is 9.87. The second kappa shape index (κ2) is 10.7. The molecule has 35 heavy (non-hydrogen) atoms. The highest BCUT2D eigenvalue weighted by molar-refractivity contribution is 7.09. The van der Waals surface area contributed by atoms with E-state index in [1.807, 2.05) is 28.9 Å². The van der Waals surface area contributed by atoms with Crippen LogP contribution in [0, 0.1) is 0 Å². The van der Waals surface area contributed by atoms with Gasteiger partial charge in [-0.2, -0.15) is 0 Å². The molecule has 0 aliphatic carbocycles. The zero-order chi connectivity index (χ0) is 24.2. The normalized spacial score (nSPS) is 16.8. The Hall–Kier alpha value is -3.08. The number of thiophene rings is 1. The fourth-order valence-corrected chi connectivity index (χ4v) is 5.46. The molecule has 4 aromatic rings. The Labute approximate surface area is 207 Å². The molecule has 4 heterocycles. The Balaban J connectivity index is 1.47. The third kappa shape index (κ3) is 5.29. The van der Waals surface area contributed by atoms with Gasteiger partial charge in [0.2, 0.25) is 0 Å². The number of methoxy groups -OCH3 is 1. The van der Waals surface area contributed by atoms with E-state index in [2.05, 4.69) is 49.8 Å². The van der Waals surface area contributed by atoms with Crippen molar-refractivity contribution < 1.29 is 9.47 Å². The highest BCUT2D eigenvalue weighted by Crippen LogP contribution is 2.28. The number of benzene rings is 1. The number of fused-ring (bicyclic) bond motifs is 1. The van der Waals surface area contributed by atoms with E-state index in [9.17, 15) is 4.79 Å². The maximum Gasteiger partial charge on any atom is 0.252 e. The first-order valence-electron chi connectivity index (χ1n) is 12.0. The first-order chi connectivity index (χ1) is 17.1. The van der Waals surface area contributed by atoms with Gasteiger partial charge in [-0.3, -0.25) is 9.69 Å². The summed E-state index contributed by atoms with van der Waals surface area (Å²) in [4.78, 5) is 19.6. The van der Waals surface area contributed by atoms with Crippen LogP contribution in [0.3, 0.4) is 0 Å². The predicted molar refractivity (Wildman–Crippen MR) is 135 cm³/mol. The summed E-state index contributed by atoms with van der Waals surface area (Å²) in [5, 5.41) is 15.7. The van der Waals surface area contributed by atoms with Gasteiger partial charge in [-0.25, -0.2) is 4.68 Å². The summed E-state index contributed by atoms with van der Waals surface area (Å²) in [5.41, 5.74) is 1.36. The molecule has 1 aliphatic rings. The molecule has 1 aliphatic heterocycles. The van der Waals surface area contributed by atoms with Crippen molar-refractivity contribution in [3.05, 3.63) is 68.4 Å². The first-order valence-corrected chi connectivity index (χ1v) is 12.9. The zero-order valence-electron chi connectivity index (χ0n) is 20.0. The fourth-order valence-electron chi connectivity index (χ4n) is 4.73. The molecule has 1 fully saturated rings. The van der Waals surface area contributed by atoms with E-state index in [-0.39, 0.29) is 17.7 Å². The number of tetrazole rings is 1. The Morgan fingerprint density at radius 2 is 2.23 bits per heavy atom.